The maximum Gasteiger partial charge on any atom is 0.219 e. The van der Waals surface area contributed by atoms with Crippen molar-refractivity contribution >= 4 is 16.8 Å². The number of aromatic nitrogens is 1. The van der Waals surface area contributed by atoms with Gasteiger partial charge in [-0.2, -0.15) is 0 Å². The van der Waals surface area contributed by atoms with Crippen molar-refractivity contribution in [3.05, 3.63) is 42.1 Å². The molecule has 2 aliphatic rings. The molecule has 26 heavy (non-hydrogen) atoms. The molecule has 1 unspecified atom stereocenters. The zero-order valence-electron chi connectivity index (χ0n) is 15.7. The summed E-state index contributed by atoms with van der Waals surface area (Å²) in [5.41, 5.74) is 2.40. The van der Waals surface area contributed by atoms with E-state index in [1.165, 1.54) is 36.6 Å². The van der Waals surface area contributed by atoms with Crippen molar-refractivity contribution in [1.29, 1.82) is 0 Å². The Bertz CT molecular complexity index is 769. The van der Waals surface area contributed by atoms with Crippen LogP contribution in [0.4, 0.5) is 0 Å². The molecule has 2 aromatic rings. The van der Waals surface area contributed by atoms with E-state index in [1.54, 1.807) is 6.92 Å². The fraction of sp³-hybridized carbons (Fsp3) is 0.545. The number of rotatable bonds is 3. The summed E-state index contributed by atoms with van der Waals surface area (Å²) in [7, 11) is 0. The second-order valence-electron chi connectivity index (χ2n) is 8.00. The van der Waals surface area contributed by atoms with Crippen molar-refractivity contribution in [3.63, 3.8) is 0 Å². The Morgan fingerprint density at radius 3 is 2.81 bits per heavy atom. The largest absolute Gasteiger partial charge is 0.341 e. The molecule has 4 nitrogen and oxygen atoms in total. The SMILES string of the molecule is CC(=O)N1CCN(C2CCCC2)CC(Cc2ccc3ncccc3c2)C1. The van der Waals surface area contributed by atoms with Gasteiger partial charge in [0.1, 0.15) is 0 Å². The summed E-state index contributed by atoms with van der Waals surface area (Å²) >= 11 is 0. The summed E-state index contributed by atoms with van der Waals surface area (Å²) in [6.45, 7) is 5.61. The van der Waals surface area contributed by atoms with Gasteiger partial charge < -0.3 is 4.90 Å². The van der Waals surface area contributed by atoms with Crippen LogP contribution in [0, 0.1) is 5.92 Å². The first-order valence-corrected chi connectivity index (χ1v) is 10.0. The van der Waals surface area contributed by atoms with Gasteiger partial charge in [0.15, 0.2) is 0 Å². The second-order valence-corrected chi connectivity index (χ2v) is 8.00. The van der Waals surface area contributed by atoms with Crippen molar-refractivity contribution in [3.8, 4) is 0 Å². The Balaban J connectivity index is 1.53. The molecule has 1 aliphatic heterocycles. The Kier molecular flexibility index (Phi) is 5.21. The molecule has 0 bridgehead atoms. The van der Waals surface area contributed by atoms with Crippen LogP contribution < -0.4 is 0 Å². The highest BCUT2D eigenvalue weighted by atomic mass is 16.2. The zero-order valence-corrected chi connectivity index (χ0v) is 15.7. The highest BCUT2D eigenvalue weighted by Gasteiger charge is 2.29. The van der Waals surface area contributed by atoms with Gasteiger partial charge >= 0.3 is 0 Å². The van der Waals surface area contributed by atoms with Crippen LogP contribution in [0.25, 0.3) is 10.9 Å². The van der Waals surface area contributed by atoms with Gasteiger partial charge in [0.05, 0.1) is 5.52 Å². The van der Waals surface area contributed by atoms with Gasteiger partial charge in [-0.25, -0.2) is 0 Å². The minimum Gasteiger partial charge on any atom is -0.341 e. The summed E-state index contributed by atoms with van der Waals surface area (Å²) in [6.07, 6.45) is 8.25. The quantitative estimate of drug-likeness (QED) is 0.849. The maximum absolute atomic E-state index is 12.1. The average Bonchev–Trinajstić information content (AvgIpc) is 3.10. The first-order chi connectivity index (χ1) is 12.7. The molecule has 1 aromatic carbocycles. The van der Waals surface area contributed by atoms with Crippen LogP contribution in [0.1, 0.15) is 38.2 Å². The monoisotopic (exact) mass is 351 g/mol. The molecule has 1 aliphatic carbocycles. The normalized spacial score (nSPS) is 22.7. The van der Waals surface area contributed by atoms with Gasteiger partial charge in [0, 0.05) is 50.7 Å². The number of benzene rings is 1. The van der Waals surface area contributed by atoms with E-state index in [-0.39, 0.29) is 5.91 Å². The molecule has 1 aromatic heterocycles. The summed E-state index contributed by atoms with van der Waals surface area (Å²) in [5, 5.41) is 1.20. The maximum atomic E-state index is 12.1. The fourth-order valence-corrected chi connectivity index (χ4v) is 4.73. The molecule has 1 saturated carbocycles. The Morgan fingerprint density at radius 1 is 1.15 bits per heavy atom. The van der Waals surface area contributed by atoms with Crippen LogP contribution in [-0.2, 0) is 11.2 Å². The number of pyridine rings is 1. The average molecular weight is 351 g/mol. The van der Waals surface area contributed by atoms with Crippen molar-refractivity contribution in [2.24, 2.45) is 5.92 Å². The molecule has 4 heteroatoms. The molecule has 4 rings (SSSR count). The minimum atomic E-state index is 0.214. The van der Waals surface area contributed by atoms with Gasteiger partial charge in [-0.1, -0.05) is 25.0 Å². The van der Waals surface area contributed by atoms with E-state index in [9.17, 15) is 4.79 Å². The van der Waals surface area contributed by atoms with Gasteiger partial charge in [0.25, 0.3) is 0 Å². The highest BCUT2D eigenvalue weighted by Crippen LogP contribution is 2.27. The van der Waals surface area contributed by atoms with Crippen molar-refractivity contribution in [2.75, 3.05) is 26.2 Å². The molecular weight excluding hydrogens is 322 g/mol. The molecule has 1 amide bonds. The lowest BCUT2D eigenvalue weighted by molar-refractivity contribution is -0.129. The van der Waals surface area contributed by atoms with Crippen molar-refractivity contribution in [2.45, 2.75) is 45.1 Å². The number of hydrogen-bond donors (Lipinski definition) is 0. The van der Waals surface area contributed by atoms with Crippen molar-refractivity contribution in [1.82, 2.24) is 14.8 Å². The Hall–Kier alpha value is -1.94. The van der Waals surface area contributed by atoms with E-state index in [4.69, 9.17) is 0 Å². The zero-order chi connectivity index (χ0) is 17.9. The van der Waals surface area contributed by atoms with Gasteiger partial charge in [-0.3, -0.25) is 14.7 Å². The summed E-state index contributed by atoms with van der Waals surface area (Å²) < 4.78 is 0. The molecule has 0 radical (unpaired) electrons. The lowest BCUT2D eigenvalue weighted by Crippen LogP contribution is -2.38. The van der Waals surface area contributed by atoms with E-state index < -0.39 is 0 Å². The van der Waals surface area contributed by atoms with Crippen LogP contribution in [0.2, 0.25) is 0 Å². The third-order valence-electron chi connectivity index (χ3n) is 6.11. The topological polar surface area (TPSA) is 36.4 Å². The second kappa shape index (κ2) is 7.75. The molecular formula is C22H29N3O. The van der Waals surface area contributed by atoms with E-state index in [1.807, 2.05) is 12.3 Å². The van der Waals surface area contributed by atoms with Gasteiger partial charge in [-0.15, -0.1) is 0 Å². The first kappa shape index (κ1) is 17.5. The van der Waals surface area contributed by atoms with Gasteiger partial charge in [-0.05, 0) is 48.9 Å². The van der Waals surface area contributed by atoms with Crippen LogP contribution in [-0.4, -0.2) is 52.9 Å². The number of carbonyl (C=O) groups excluding carboxylic acids is 1. The lowest BCUT2D eigenvalue weighted by atomic mass is 9.96. The smallest absolute Gasteiger partial charge is 0.219 e. The molecule has 2 heterocycles. The van der Waals surface area contributed by atoms with E-state index in [0.29, 0.717) is 5.92 Å². The molecule has 0 N–H and O–H groups in total. The first-order valence-electron chi connectivity index (χ1n) is 10.0. The van der Waals surface area contributed by atoms with Crippen LogP contribution >= 0.6 is 0 Å². The molecule has 1 atom stereocenters. The molecule has 0 spiro atoms. The van der Waals surface area contributed by atoms with Gasteiger partial charge in [0.2, 0.25) is 5.91 Å². The van der Waals surface area contributed by atoms with E-state index >= 15 is 0 Å². The van der Waals surface area contributed by atoms with Crippen LogP contribution in [0.15, 0.2) is 36.5 Å². The predicted octanol–water partition coefficient (Wildman–Crippen LogP) is 3.50. The summed E-state index contributed by atoms with van der Waals surface area (Å²) in [4.78, 5) is 21.2. The number of carbonyl (C=O) groups is 1. The number of nitrogens with zero attached hydrogens (tertiary/aromatic N) is 3. The van der Waals surface area contributed by atoms with Crippen LogP contribution in [0.3, 0.4) is 0 Å². The Labute approximate surface area is 156 Å². The number of fused-ring (bicyclic) bond motifs is 1. The Morgan fingerprint density at radius 2 is 2.00 bits per heavy atom. The highest BCUT2D eigenvalue weighted by molar-refractivity contribution is 5.78. The van der Waals surface area contributed by atoms with E-state index in [2.05, 4.69) is 39.0 Å². The summed E-state index contributed by atoms with van der Waals surface area (Å²) in [6, 6.07) is 11.5. The van der Waals surface area contributed by atoms with Crippen molar-refractivity contribution < 1.29 is 4.79 Å². The summed E-state index contributed by atoms with van der Waals surface area (Å²) in [5.74, 6) is 0.710. The molecule has 1 saturated heterocycles. The van der Waals surface area contributed by atoms with Crippen LogP contribution in [0.5, 0.6) is 0 Å². The molecule has 2 fully saturated rings. The standard InChI is InChI=1S/C22H29N3O/c1-17(26)24-11-12-25(21-6-2-3-7-21)16-19(15-24)13-18-8-9-22-20(14-18)5-4-10-23-22/h4-5,8-10,14,19,21H,2-3,6-7,11-13,15-16H2,1H3. The lowest BCUT2D eigenvalue weighted by Gasteiger charge is -2.29. The fourth-order valence-electron chi connectivity index (χ4n) is 4.73. The number of amides is 1. The minimum absolute atomic E-state index is 0.214. The number of hydrogen-bond acceptors (Lipinski definition) is 3. The third-order valence-corrected chi connectivity index (χ3v) is 6.11. The predicted molar refractivity (Wildman–Crippen MR) is 105 cm³/mol. The third kappa shape index (κ3) is 3.90. The molecule has 138 valence electrons. The van der Waals surface area contributed by atoms with E-state index in [0.717, 1.165) is 44.2 Å².